The number of carboxylic acids is 1. The second-order valence-corrected chi connectivity index (χ2v) is 6.78. The lowest BCUT2D eigenvalue weighted by Gasteiger charge is -2.30. The van der Waals surface area contributed by atoms with Gasteiger partial charge in [-0.25, -0.2) is 0 Å². The lowest BCUT2D eigenvalue weighted by molar-refractivity contribution is -0.153. The Morgan fingerprint density at radius 1 is 1.60 bits per heavy atom. The molecule has 0 aliphatic heterocycles. The predicted molar refractivity (Wildman–Crippen MR) is 71.6 cm³/mol. The third-order valence-electron chi connectivity index (χ3n) is 3.66. The number of hydrogen-bond donors (Lipinski definition) is 1. The molecule has 110 valence electrons. The van der Waals surface area contributed by atoms with E-state index < -0.39 is 27.6 Å². The minimum atomic E-state index is -3.68. The van der Waals surface area contributed by atoms with Crippen LogP contribution in [0.4, 0.5) is 0 Å². The van der Waals surface area contributed by atoms with Crippen LogP contribution >= 0.6 is 0 Å². The molecule has 1 saturated carbocycles. The molecule has 1 N–H and O–H groups in total. The van der Waals surface area contributed by atoms with Gasteiger partial charge in [0.1, 0.15) is 0 Å². The summed E-state index contributed by atoms with van der Waals surface area (Å²) < 4.78 is 27.7. The van der Waals surface area contributed by atoms with E-state index in [0.717, 1.165) is 11.8 Å². The Labute approximate surface area is 117 Å². The highest BCUT2D eigenvalue weighted by Gasteiger charge is 2.51. The molecule has 1 aliphatic carbocycles. The highest BCUT2D eigenvalue weighted by molar-refractivity contribution is 7.86. The van der Waals surface area contributed by atoms with Gasteiger partial charge in [-0.2, -0.15) is 8.42 Å². The molecular weight excluding hydrogens is 282 g/mol. The zero-order valence-corrected chi connectivity index (χ0v) is 12.0. The van der Waals surface area contributed by atoms with Gasteiger partial charge < -0.3 is 5.11 Å². The molecule has 1 heterocycles. The zero-order valence-electron chi connectivity index (χ0n) is 11.2. The second-order valence-electron chi connectivity index (χ2n) is 5.18. The molecule has 0 spiro atoms. The molecule has 0 aromatic carbocycles. The highest BCUT2D eigenvalue weighted by atomic mass is 32.2. The maximum Gasteiger partial charge on any atom is 0.312 e. The lowest BCUT2D eigenvalue weighted by atomic mass is 9.78. The van der Waals surface area contributed by atoms with Gasteiger partial charge in [-0.1, -0.05) is 6.07 Å². The van der Waals surface area contributed by atoms with E-state index in [-0.39, 0.29) is 6.42 Å². The van der Waals surface area contributed by atoms with Gasteiger partial charge in [0.2, 0.25) is 0 Å². The van der Waals surface area contributed by atoms with Gasteiger partial charge in [0.15, 0.2) is 0 Å². The van der Waals surface area contributed by atoms with Crippen LogP contribution in [0.15, 0.2) is 24.5 Å². The van der Waals surface area contributed by atoms with Gasteiger partial charge in [-0.15, -0.1) is 0 Å². The van der Waals surface area contributed by atoms with E-state index >= 15 is 0 Å². The van der Waals surface area contributed by atoms with Crippen molar-refractivity contribution in [3.63, 3.8) is 0 Å². The van der Waals surface area contributed by atoms with Crippen LogP contribution in [0.3, 0.4) is 0 Å². The number of rotatable bonds is 5. The maximum atomic E-state index is 11.7. The van der Waals surface area contributed by atoms with Crippen LogP contribution < -0.4 is 0 Å². The SMILES string of the molecule is CS(=O)(=O)OC1CCCC1(Cc1cccnc1)C(=O)O. The van der Waals surface area contributed by atoms with Crippen LogP contribution in [0, 0.1) is 5.41 Å². The van der Waals surface area contributed by atoms with E-state index in [9.17, 15) is 18.3 Å². The number of carbonyl (C=O) groups is 1. The average Bonchev–Trinajstić information content (AvgIpc) is 2.72. The Hall–Kier alpha value is -1.47. The molecule has 0 bridgehead atoms. The topological polar surface area (TPSA) is 93.6 Å². The fourth-order valence-electron chi connectivity index (χ4n) is 2.78. The molecule has 1 aliphatic rings. The first kappa shape index (κ1) is 14.9. The van der Waals surface area contributed by atoms with Crippen molar-refractivity contribution in [1.29, 1.82) is 0 Å². The summed E-state index contributed by atoms with van der Waals surface area (Å²) in [6.45, 7) is 0. The monoisotopic (exact) mass is 299 g/mol. The zero-order chi connectivity index (χ0) is 14.8. The number of nitrogens with zero attached hydrogens (tertiary/aromatic N) is 1. The summed E-state index contributed by atoms with van der Waals surface area (Å²) in [7, 11) is -3.68. The Morgan fingerprint density at radius 3 is 2.90 bits per heavy atom. The number of hydrogen-bond acceptors (Lipinski definition) is 5. The van der Waals surface area contributed by atoms with Gasteiger partial charge in [0.05, 0.1) is 17.8 Å². The van der Waals surface area contributed by atoms with Crippen LogP contribution in [-0.4, -0.2) is 36.8 Å². The summed E-state index contributed by atoms with van der Waals surface area (Å²) in [4.78, 5) is 15.7. The van der Waals surface area contributed by atoms with Crippen LogP contribution in [0.25, 0.3) is 0 Å². The van der Waals surface area contributed by atoms with Crippen LogP contribution in [0.1, 0.15) is 24.8 Å². The maximum absolute atomic E-state index is 11.7. The number of aliphatic carboxylic acids is 1. The molecule has 1 fully saturated rings. The van der Waals surface area contributed by atoms with Crippen molar-refractivity contribution in [3.8, 4) is 0 Å². The minimum absolute atomic E-state index is 0.219. The molecule has 2 unspecified atom stereocenters. The van der Waals surface area contributed by atoms with E-state index in [4.69, 9.17) is 4.18 Å². The van der Waals surface area contributed by atoms with Gasteiger partial charge in [0.25, 0.3) is 10.1 Å². The first-order chi connectivity index (χ1) is 9.33. The Kier molecular flexibility index (Phi) is 4.10. The average molecular weight is 299 g/mol. The smallest absolute Gasteiger partial charge is 0.312 e. The van der Waals surface area contributed by atoms with Crippen LogP contribution in [-0.2, 0) is 25.5 Å². The fraction of sp³-hybridized carbons (Fsp3) is 0.538. The molecule has 0 saturated heterocycles. The van der Waals surface area contributed by atoms with Crippen molar-refractivity contribution in [2.24, 2.45) is 5.41 Å². The lowest BCUT2D eigenvalue weighted by Crippen LogP contribution is -2.42. The third kappa shape index (κ3) is 3.16. The molecule has 2 atom stereocenters. The Bertz CT molecular complexity index is 586. The summed E-state index contributed by atoms with van der Waals surface area (Å²) in [6, 6.07) is 3.51. The van der Waals surface area contributed by atoms with Gasteiger partial charge in [-0.3, -0.25) is 14.0 Å². The summed E-state index contributed by atoms with van der Waals surface area (Å²) >= 11 is 0. The third-order valence-corrected chi connectivity index (χ3v) is 4.25. The Morgan fingerprint density at radius 2 is 2.35 bits per heavy atom. The van der Waals surface area contributed by atoms with E-state index in [1.54, 1.807) is 24.5 Å². The van der Waals surface area contributed by atoms with Crippen molar-refractivity contribution in [1.82, 2.24) is 4.98 Å². The highest BCUT2D eigenvalue weighted by Crippen LogP contribution is 2.43. The van der Waals surface area contributed by atoms with Gasteiger partial charge in [0, 0.05) is 12.4 Å². The van der Waals surface area contributed by atoms with E-state index in [1.807, 2.05) is 0 Å². The van der Waals surface area contributed by atoms with Crippen LogP contribution in [0.2, 0.25) is 0 Å². The molecule has 20 heavy (non-hydrogen) atoms. The van der Waals surface area contributed by atoms with Crippen molar-refractivity contribution in [3.05, 3.63) is 30.1 Å². The van der Waals surface area contributed by atoms with Crippen molar-refractivity contribution in [2.45, 2.75) is 31.8 Å². The summed E-state index contributed by atoms with van der Waals surface area (Å²) in [5.41, 5.74) is -0.439. The Balaban J connectivity index is 2.31. The number of pyridine rings is 1. The molecule has 0 amide bonds. The molecule has 1 aromatic heterocycles. The fourth-order valence-corrected chi connectivity index (χ4v) is 3.48. The molecule has 1 aromatic rings. The van der Waals surface area contributed by atoms with Crippen molar-refractivity contribution in [2.75, 3.05) is 6.26 Å². The minimum Gasteiger partial charge on any atom is -0.481 e. The number of carboxylic acid groups (broad SMARTS) is 1. The number of aromatic nitrogens is 1. The van der Waals surface area contributed by atoms with Crippen molar-refractivity contribution < 1.29 is 22.5 Å². The van der Waals surface area contributed by atoms with Gasteiger partial charge in [-0.05, 0) is 37.3 Å². The van der Waals surface area contributed by atoms with Gasteiger partial charge >= 0.3 is 5.97 Å². The van der Waals surface area contributed by atoms with Crippen LogP contribution in [0.5, 0.6) is 0 Å². The molecule has 6 nitrogen and oxygen atoms in total. The first-order valence-electron chi connectivity index (χ1n) is 6.34. The largest absolute Gasteiger partial charge is 0.481 e. The standard InChI is InChI=1S/C13H17NO5S/c1-20(17,18)19-11-5-2-6-13(11,12(15)16)8-10-4-3-7-14-9-10/h3-4,7,9,11H,2,5-6,8H2,1H3,(H,15,16). The molecular formula is C13H17NO5S. The van der Waals surface area contributed by atoms with Crippen molar-refractivity contribution >= 4 is 16.1 Å². The first-order valence-corrected chi connectivity index (χ1v) is 8.16. The summed E-state index contributed by atoms with van der Waals surface area (Å²) in [5.74, 6) is -1.02. The quantitative estimate of drug-likeness (QED) is 0.822. The summed E-state index contributed by atoms with van der Waals surface area (Å²) in [5, 5.41) is 9.60. The predicted octanol–water partition coefficient (Wildman–Crippen LogP) is 1.22. The normalized spacial score (nSPS) is 26.6. The van der Waals surface area contributed by atoms with E-state index in [1.165, 1.54) is 0 Å². The molecule has 0 radical (unpaired) electrons. The molecule has 7 heteroatoms. The van der Waals surface area contributed by atoms with E-state index in [2.05, 4.69) is 4.98 Å². The van der Waals surface area contributed by atoms with E-state index in [0.29, 0.717) is 19.3 Å². The summed E-state index contributed by atoms with van der Waals surface area (Å²) in [6.07, 6.45) is 5.01. The second kappa shape index (κ2) is 5.49. The molecule has 2 rings (SSSR count).